The number of phenols is 1. The maximum atomic E-state index is 11.7. The van der Waals surface area contributed by atoms with Gasteiger partial charge in [0.05, 0.1) is 5.25 Å². The number of hydrogen-bond acceptors (Lipinski definition) is 5. The summed E-state index contributed by atoms with van der Waals surface area (Å²) in [5.41, 5.74) is 2.43. The minimum atomic E-state index is -0.0965. The molecule has 5 atom stereocenters. The number of ether oxygens (including phenoxy) is 1. The highest BCUT2D eigenvalue weighted by atomic mass is 32.2. The number of phenolic OH excluding ortho intramolecular Hbond substituents is 1. The van der Waals surface area contributed by atoms with Crippen LogP contribution in [0.1, 0.15) is 24.5 Å². The summed E-state index contributed by atoms with van der Waals surface area (Å²) < 4.78 is 6.37. The van der Waals surface area contributed by atoms with Crippen molar-refractivity contribution in [3.8, 4) is 11.5 Å². The summed E-state index contributed by atoms with van der Waals surface area (Å²) in [4.78, 5) is 14.2. The summed E-state index contributed by atoms with van der Waals surface area (Å²) in [6, 6.07) is 4.29. The van der Waals surface area contributed by atoms with Crippen LogP contribution in [-0.4, -0.2) is 46.1 Å². The normalized spacial score (nSPS) is 38.6. The van der Waals surface area contributed by atoms with Crippen LogP contribution in [-0.2, 0) is 16.6 Å². The second-order valence-corrected chi connectivity index (χ2v) is 8.87. The van der Waals surface area contributed by atoms with Gasteiger partial charge in [-0.1, -0.05) is 30.0 Å². The van der Waals surface area contributed by atoms with Crippen molar-refractivity contribution in [1.82, 2.24) is 4.90 Å². The number of nitrogens with zero attached hydrogens (tertiary/aromatic N) is 1. The molecule has 4 nitrogen and oxygen atoms in total. The molecule has 24 heavy (non-hydrogen) atoms. The highest BCUT2D eigenvalue weighted by Crippen LogP contribution is 2.63. The van der Waals surface area contributed by atoms with Gasteiger partial charge in [-0.15, -0.1) is 0 Å². The zero-order chi connectivity index (χ0) is 16.6. The molecular formula is C19H21NO3S. The summed E-state index contributed by atoms with van der Waals surface area (Å²) in [7, 11) is 2.21. The van der Waals surface area contributed by atoms with Crippen molar-refractivity contribution in [2.24, 2.45) is 5.92 Å². The lowest BCUT2D eigenvalue weighted by Crippen LogP contribution is -2.64. The third-order valence-electron chi connectivity index (χ3n) is 6.43. The van der Waals surface area contributed by atoms with E-state index in [-0.39, 0.29) is 27.6 Å². The number of aromatic hydroxyl groups is 1. The third-order valence-corrected chi connectivity index (χ3v) is 7.44. The van der Waals surface area contributed by atoms with Crippen LogP contribution >= 0.6 is 11.8 Å². The summed E-state index contributed by atoms with van der Waals surface area (Å²) in [6.45, 7) is 2.65. The molecule has 0 saturated carbocycles. The van der Waals surface area contributed by atoms with Crippen molar-refractivity contribution in [2.45, 2.75) is 42.6 Å². The molecule has 4 aliphatic rings. The van der Waals surface area contributed by atoms with E-state index >= 15 is 0 Å². The smallest absolute Gasteiger partial charge is 0.186 e. The molecule has 1 aromatic rings. The Morgan fingerprint density at radius 2 is 2.25 bits per heavy atom. The maximum absolute atomic E-state index is 11.7. The third kappa shape index (κ3) is 1.67. The van der Waals surface area contributed by atoms with Gasteiger partial charge in [0.2, 0.25) is 0 Å². The number of carbonyl (C=O) groups is 1. The Hall–Kier alpha value is -1.46. The molecule has 5 rings (SSSR count). The SMILES string of the molecule is CC(=O)S[C@@H]1C=C[C@H]2[C@H]3Cc4ccc(O)c5c4[C@@]2(CCN3C)[C@H]1O5. The zero-order valence-corrected chi connectivity index (χ0v) is 14.7. The first-order valence-electron chi connectivity index (χ1n) is 8.60. The second kappa shape index (κ2) is 4.79. The van der Waals surface area contributed by atoms with Crippen molar-refractivity contribution in [1.29, 1.82) is 0 Å². The average Bonchev–Trinajstić information content (AvgIpc) is 2.89. The second-order valence-electron chi connectivity index (χ2n) is 7.51. The van der Waals surface area contributed by atoms with Gasteiger partial charge >= 0.3 is 0 Å². The Kier molecular flexibility index (Phi) is 2.97. The molecule has 1 saturated heterocycles. The molecular weight excluding hydrogens is 322 g/mol. The zero-order valence-electron chi connectivity index (χ0n) is 13.9. The van der Waals surface area contributed by atoms with E-state index in [9.17, 15) is 9.90 Å². The average molecular weight is 343 g/mol. The van der Waals surface area contributed by atoms with Crippen LogP contribution in [0.3, 0.4) is 0 Å². The lowest BCUT2D eigenvalue weighted by molar-refractivity contribution is -0.109. The number of likely N-dealkylation sites (N-methyl/N-ethyl adjacent to an activating group) is 1. The number of piperidine rings is 1. The highest BCUT2D eigenvalue weighted by molar-refractivity contribution is 8.14. The first kappa shape index (κ1) is 14.8. The van der Waals surface area contributed by atoms with Crippen molar-refractivity contribution >= 4 is 16.9 Å². The number of hydrogen-bond donors (Lipinski definition) is 1. The number of rotatable bonds is 1. The first-order chi connectivity index (χ1) is 11.5. The van der Waals surface area contributed by atoms with E-state index in [1.165, 1.54) is 22.9 Å². The number of likely N-dealkylation sites (tertiary alicyclic amines) is 1. The van der Waals surface area contributed by atoms with Crippen molar-refractivity contribution < 1.29 is 14.6 Å². The molecule has 0 radical (unpaired) electrons. The molecule has 5 heteroatoms. The van der Waals surface area contributed by atoms with E-state index in [0.29, 0.717) is 17.7 Å². The Balaban J connectivity index is 1.74. The number of benzene rings is 1. The monoisotopic (exact) mass is 343 g/mol. The molecule has 1 fully saturated rings. The van der Waals surface area contributed by atoms with Gasteiger partial charge in [0, 0.05) is 29.9 Å². The van der Waals surface area contributed by atoms with Gasteiger partial charge in [0.25, 0.3) is 0 Å². The lowest BCUT2D eigenvalue weighted by Gasteiger charge is -2.56. The Morgan fingerprint density at radius 3 is 3.04 bits per heavy atom. The van der Waals surface area contributed by atoms with Gasteiger partial charge in [0.15, 0.2) is 16.6 Å². The summed E-state index contributed by atoms with van der Waals surface area (Å²) in [6.07, 6.45) is 6.43. The van der Waals surface area contributed by atoms with Gasteiger partial charge < -0.3 is 14.7 Å². The van der Waals surface area contributed by atoms with Crippen molar-refractivity contribution in [2.75, 3.05) is 13.6 Å². The first-order valence-corrected chi connectivity index (χ1v) is 9.48. The Morgan fingerprint density at radius 1 is 1.42 bits per heavy atom. The van der Waals surface area contributed by atoms with Crippen LogP contribution in [0.25, 0.3) is 0 Å². The molecule has 1 N–H and O–H groups in total. The Bertz CT molecular complexity index is 776. The highest BCUT2D eigenvalue weighted by Gasteiger charge is 2.64. The van der Waals surface area contributed by atoms with Crippen molar-refractivity contribution in [3.05, 3.63) is 35.4 Å². The van der Waals surface area contributed by atoms with Crippen LogP contribution in [0.5, 0.6) is 11.5 Å². The van der Waals surface area contributed by atoms with E-state index < -0.39 is 0 Å². The maximum Gasteiger partial charge on any atom is 0.186 e. The molecule has 2 bridgehead atoms. The predicted octanol–water partition coefficient (Wildman–Crippen LogP) is 2.49. The van der Waals surface area contributed by atoms with E-state index in [2.05, 4.69) is 30.2 Å². The molecule has 2 aliphatic carbocycles. The lowest BCUT2D eigenvalue weighted by atomic mass is 9.53. The predicted molar refractivity (Wildman–Crippen MR) is 93.6 cm³/mol. The largest absolute Gasteiger partial charge is 0.504 e. The van der Waals surface area contributed by atoms with Gasteiger partial charge in [0.1, 0.15) is 6.10 Å². The van der Waals surface area contributed by atoms with Crippen LogP contribution in [0.2, 0.25) is 0 Å². The van der Waals surface area contributed by atoms with E-state index in [1.807, 2.05) is 0 Å². The quantitative estimate of drug-likeness (QED) is 0.794. The van der Waals surface area contributed by atoms with Crippen LogP contribution < -0.4 is 4.74 Å². The van der Waals surface area contributed by atoms with E-state index in [0.717, 1.165) is 19.4 Å². The molecule has 2 heterocycles. The van der Waals surface area contributed by atoms with Gasteiger partial charge in [-0.2, -0.15) is 0 Å². The minimum Gasteiger partial charge on any atom is -0.504 e. The molecule has 1 aromatic carbocycles. The number of thioether (sulfide) groups is 1. The summed E-state index contributed by atoms with van der Waals surface area (Å²) in [5.74, 6) is 1.30. The van der Waals surface area contributed by atoms with Crippen LogP contribution in [0.4, 0.5) is 0 Å². The topological polar surface area (TPSA) is 49.8 Å². The molecule has 126 valence electrons. The summed E-state index contributed by atoms with van der Waals surface area (Å²) in [5, 5.41) is 10.5. The van der Waals surface area contributed by atoms with E-state index in [1.54, 1.807) is 13.0 Å². The fourth-order valence-corrected chi connectivity index (χ4v) is 6.49. The number of carbonyl (C=O) groups excluding carboxylic acids is 1. The molecule has 2 aliphatic heterocycles. The van der Waals surface area contributed by atoms with Gasteiger partial charge in [-0.25, -0.2) is 0 Å². The van der Waals surface area contributed by atoms with Crippen LogP contribution in [0.15, 0.2) is 24.3 Å². The fraction of sp³-hybridized carbons (Fsp3) is 0.526. The molecule has 1 spiro atoms. The van der Waals surface area contributed by atoms with Crippen LogP contribution in [0, 0.1) is 5.92 Å². The van der Waals surface area contributed by atoms with Gasteiger partial charge in [-0.3, -0.25) is 4.79 Å². The fourth-order valence-electron chi connectivity index (χ4n) is 5.51. The van der Waals surface area contributed by atoms with Gasteiger partial charge in [-0.05, 0) is 38.1 Å². The minimum absolute atomic E-state index is 0.0144. The molecule has 0 unspecified atom stereocenters. The van der Waals surface area contributed by atoms with Crippen molar-refractivity contribution in [3.63, 3.8) is 0 Å². The standard InChI is InChI=1S/C19H21NO3S/c1-10(21)24-15-6-4-12-13-9-11-3-5-14(22)17-16(11)19(12,18(15)23-17)7-8-20(13)2/h3-6,12-13,15,18,22H,7-9H2,1-2H3/t12-,13+,15+,18-,19-/m0/s1. The molecule has 0 amide bonds. The summed E-state index contributed by atoms with van der Waals surface area (Å²) >= 11 is 1.35. The van der Waals surface area contributed by atoms with E-state index in [4.69, 9.17) is 4.74 Å². The molecule has 0 aromatic heterocycles. The Labute approximate surface area is 145 Å².